The highest BCUT2D eigenvalue weighted by atomic mass is 32.1. The van der Waals surface area contributed by atoms with Crippen LogP contribution in [0.2, 0.25) is 0 Å². The van der Waals surface area contributed by atoms with E-state index < -0.39 is 6.10 Å². The fraction of sp³-hybridized carbons (Fsp3) is 0.214. The predicted octanol–water partition coefficient (Wildman–Crippen LogP) is 2.22. The number of hydrogen-bond donors (Lipinski definition) is 2. The van der Waals surface area contributed by atoms with E-state index in [4.69, 9.17) is 4.74 Å². The number of methoxy groups -OCH3 is 1. The maximum atomic E-state index is 11.7. The van der Waals surface area contributed by atoms with Crippen LogP contribution < -0.4 is 10.1 Å². The van der Waals surface area contributed by atoms with Crippen molar-refractivity contribution in [3.05, 3.63) is 52.2 Å². The van der Waals surface area contributed by atoms with Crippen LogP contribution in [0.3, 0.4) is 0 Å². The lowest BCUT2D eigenvalue weighted by Gasteiger charge is -2.12. The molecule has 1 amide bonds. The number of hydrogen-bond acceptors (Lipinski definition) is 4. The van der Waals surface area contributed by atoms with Crippen molar-refractivity contribution in [2.45, 2.75) is 6.10 Å². The summed E-state index contributed by atoms with van der Waals surface area (Å²) in [6.07, 6.45) is -0.728. The number of carbonyl (C=O) groups excluding carboxylic acids is 1. The molecule has 2 aromatic rings. The Kier molecular flexibility index (Phi) is 4.54. The zero-order chi connectivity index (χ0) is 13.7. The Morgan fingerprint density at radius 2 is 2.11 bits per heavy atom. The van der Waals surface area contributed by atoms with Gasteiger partial charge in [0, 0.05) is 17.5 Å². The Balaban J connectivity index is 1.90. The molecule has 0 bridgehead atoms. The van der Waals surface area contributed by atoms with Gasteiger partial charge in [0.25, 0.3) is 5.91 Å². The summed E-state index contributed by atoms with van der Waals surface area (Å²) in [5.41, 5.74) is 1.36. The summed E-state index contributed by atoms with van der Waals surface area (Å²) in [5, 5.41) is 16.3. The van der Waals surface area contributed by atoms with Gasteiger partial charge in [-0.15, -0.1) is 0 Å². The van der Waals surface area contributed by atoms with Crippen LogP contribution in [0.4, 0.5) is 0 Å². The molecule has 1 atom stereocenters. The van der Waals surface area contributed by atoms with Gasteiger partial charge in [0.15, 0.2) is 0 Å². The molecule has 0 saturated carbocycles. The summed E-state index contributed by atoms with van der Waals surface area (Å²) in [6, 6.07) is 8.86. The minimum Gasteiger partial charge on any atom is -0.497 e. The van der Waals surface area contributed by atoms with E-state index in [0.29, 0.717) is 5.56 Å². The molecule has 0 fully saturated rings. The lowest BCUT2D eigenvalue weighted by atomic mass is 10.1. The Bertz CT molecular complexity index is 522. The zero-order valence-electron chi connectivity index (χ0n) is 10.5. The average Bonchev–Trinajstić information content (AvgIpc) is 2.98. The van der Waals surface area contributed by atoms with Gasteiger partial charge in [0.2, 0.25) is 0 Å². The molecule has 5 heteroatoms. The van der Waals surface area contributed by atoms with Crippen LogP contribution in [0.1, 0.15) is 22.0 Å². The highest BCUT2D eigenvalue weighted by molar-refractivity contribution is 7.08. The van der Waals surface area contributed by atoms with E-state index in [1.165, 1.54) is 11.3 Å². The number of nitrogens with one attached hydrogen (secondary N) is 1. The van der Waals surface area contributed by atoms with Crippen LogP contribution in [0.25, 0.3) is 0 Å². The normalized spacial score (nSPS) is 11.9. The second kappa shape index (κ2) is 6.36. The van der Waals surface area contributed by atoms with E-state index in [9.17, 15) is 9.90 Å². The van der Waals surface area contributed by atoms with Gasteiger partial charge in [-0.05, 0) is 29.1 Å². The summed E-state index contributed by atoms with van der Waals surface area (Å²) in [5.74, 6) is 0.562. The molecular formula is C14H15NO3S. The van der Waals surface area contributed by atoms with E-state index in [0.717, 1.165) is 11.3 Å². The van der Waals surface area contributed by atoms with E-state index >= 15 is 0 Å². The van der Waals surface area contributed by atoms with Crippen LogP contribution >= 0.6 is 11.3 Å². The van der Waals surface area contributed by atoms with Gasteiger partial charge in [-0.25, -0.2) is 0 Å². The molecule has 0 unspecified atom stereocenters. The summed E-state index contributed by atoms with van der Waals surface area (Å²) < 4.78 is 5.05. The predicted molar refractivity (Wildman–Crippen MR) is 74.6 cm³/mol. The lowest BCUT2D eigenvalue weighted by molar-refractivity contribution is 0.0916. The molecule has 2 N–H and O–H groups in total. The van der Waals surface area contributed by atoms with Crippen LogP contribution in [0, 0.1) is 0 Å². The average molecular weight is 277 g/mol. The largest absolute Gasteiger partial charge is 0.497 e. The smallest absolute Gasteiger partial charge is 0.252 e. The van der Waals surface area contributed by atoms with Crippen LogP contribution in [-0.2, 0) is 0 Å². The minimum absolute atomic E-state index is 0.172. The van der Waals surface area contributed by atoms with E-state index in [2.05, 4.69) is 5.32 Å². The molecule has 1 heterocycles. The first-order valence-corrected chi connectivity index (χ1v) is 6.77. The molecule has 0 saturated heterocycles. The van der Waals surface area contributed by atoms with Crippen molar-refractivity contribution >= 4 is 17.2 Å². The molecule has 19 heavy (non-hydrogen) atoms. The third-order valence-corrected chi connectivity index (χ3v) is 3.42. The molecule has 4 nitrogen and oxygen atoms in total. The lowest BCUT2D eigenvalue weighted by Crippen LogP contribution is -2.27. The Morgan fingerprint density at radius 1 is 1.37 bits per heavy atom. The number of rotatable bonds is 5. The topological polar surface area (TPSA) is 58.6 Å². The summed E-state index contributed by atoms with van der Waals surface area (Å²) >= 11 is 1.47. The number of carbonyl (C=O) groups is 1. The quantitative estimate of drug-likeness (QED) is 0.881. The first kappa shape index (κ1) is 13.6. The molecule has 2 rings (SSSR count). The molecule has 1 aromatic heterocycles. The first-order valence-electron chi connectivity index (χ1n) is 5.83. The highest BCUT2D eigenvalue weighted by Gasteiger charge is 2.11. The summed E-state index contributed by atoms with van der Waals surface area (Å²) in [6.45, 7) is 0.182. The van der Waals surface area contributed by atoms with E-state index in [1.54, 1.807) is 42.8 Å². The van der Waals surface area contributed by atoms with Crippen molar-refractivity contribution in [1.29, 1.82) is 0 Å². The standard InChI is InChI=1S/C14H15NO3S/c1-18-12-4-2-10(3-5-12)13(16)8-15-14(17)11-6-7-19-9-11/h2-7,9,13,16H,8H2,1H3,(H,15,17)/t13-/m0/s1. The van der Waals surface area contributed by atoms with Crippen LogP contribution in [0.5, 0.6) is 5.75 Å². The fourth-order valence-electron chi connectivity index (χ4n) is 1.63. The van der Waals surface area contributed by atoms with Crippen LogP contribution in [0.15, 0.2) is 41.1 Å². The maximum Gasteiger partial charge on any atom is 0.252 e. The minimum atomic E-state index is -0.728. The van der Waals surface area contributed by atoms with Crippen molar-refractivity contribution < 1.29 is 14.6 Å². The Morgan fingerprint density at radius 3 is 2.68 bits per heavy atom. The van der Waals surface area contributed by atoms with Gasteiger partial charge >= 0.3 is 0 Å². The number of amides is 1. The van der Waals surface area contributed by atoms with Crippen molar-refractivity contribution in [1.82, 2.24) is 5.32 Å². The second-order valence-corrected chi connectivity index (χ2v) is 4.79. The maximum absolute atomic E-state index is 11.7. The molecule has 100 valence electrons. The molecule has 0 aliphatic carbocycles. The van der Waals surface area contributed by atoms with Gasteiger partial charge in [-0.1, -0.05) is 12.1 Å². The number of aliphatic hydroxyl groups excluding tert-OH is 1. The third-order valence-electron chi connectivity index (χ3n) is 2.74. The summed E-state index contributed by atoms with van der Waals surface area (Å²) in [4.78, 5) is 11.7. The van der Waals surface area contributed by atoms with Crippen LogP contribution in [-0.4, -0.2) is 24.7 Å². The fourth-order valence-corrected chi connectivity index (χ4v) is 2.26. The molecule has 0 aliphatic rings. The number of aliphatic hydroxyl groups is 1. The van der Waals surface area contributed by atoms with Crippen molar-refractivity contribution in [3.63, 3.8) is 0 Å². The molecule has 1 aromatic carbocycles. The van der Waals surface area contributed by atoms with Crippen molar-refractivity contribution in [2.75, 3.05) is 13.7 Å². The van der Waals surface area contributed by atoms with E-state index in [1.807, 2.05) is 5.38 Å². The third kappa shape index (κ3) is 3.56. The number of benzene rings is 1. The highest BCUT2D eigenvalue weighted by Crippen LogP contribution is 2.17. The van der Waals surface area contributed by atoms with Gasteiger partial charge in [0.05, 0.1) is 13.2 Å². The Labute approximate surface area is 115 Å². The Hall–Kier alpha value is -1.85. The molecule has 0 aliphatic heterocycles. The number of ether oxygens (including phenoxy) is 1. The molecular weight excluding hydrogens is 262 g/mol. The summed E-state index contributed by atoms with van der Waals surface area (Å²) in [7, 11) is 1.59. The first-order chi connectivity index (χ1) is 9.20. The second-order valence-electron chi connectivity index (χ2n) is 4.01. The van der Waals surface area contributed by atoms with E-state index in [-0.39, 0.29) is 12.5 Å². The monoisotopic (exact) mass is 277 g/mol. The number of thiophene rings is 1. The van der Waals surface area contributed by atoms with Crippen molar-refractivity contribution in [2.24, 2.45) is 0 Å². The molecule has 0 spiro atoms. The van der Waals surface area contributed by atoms with Crippen molar-refractivity contribution in [3.8, 4) is 5.75 Å². The van der Waals surface area contributed by atoms with Gasteiger partial charge < -0.3 is 15.2 Å². The van der Waals surface area contributed by atoms with Gasteiger partial charge in [0.1, 0.15) is 5.75 Å². The zero-order valence-corrected chi connectivity index (χ0v) is 11.3. The van der Waals surface area contributed by atoms with Gasteiger partial charge in [-0.3, -0.25) is 4.79 Å². The van der Waals surface area contributed by atoms with Gasteiger partial charge in [-0.2, -0.15) is 11.3 Å². The SMILES string of the molecule is COc1ccc([C@@H](O)CNC(=O)c2ccsc2)cc1. The molecule has 0 radical (unpaired) electrons.